The lowest BCUT2D eigenvalue weighted by Crippen LogP contribution is -2.31. The van der Waals surface area contributed by atoms with Gasteiger partial charge < -0.3 is 4.90 Å². The summed E-state index contributed by atoms with van der Waals surface area (Å²) in [4.78, 5) is 14.1. The van der Waals surface area contributed by atoms with Gasteiger partial charge in [0.2, 0.25) is 15.9 Å². The fourth-order valence-corrected chi connectivity index (χ4v) is 4.94. The van der Waals surface area contributed by atoms with Gasteiger partial charge >= 0.3 is 0 Å². The molecule has 0 radical (unpaired) electrons. The molecular formula is C23H27FN2O3S. The van der Waals surface area contributed by atoms with Crippen LogP contribution in [0, 0.1) is 5.82 Å². The van der Waals surface area contributed by atoms with Crippen molar-refractivity contribution in [1.82, 2.24) is 9.21 Å². The Morgan fingerprint density at radius 3 is 2.20 bits per heavy atom. The first-order chi connectivity index (χ1) is 14.4. The summed E-state index contributed by atoms with van der Waals surface area (Å²) in [6.45, 7) is 1.51. The first kappa shape index (κ1) is 22.2. The van der Waals surface area contributed by atoms with E-state index >= 15 is 0 Å². The highest BCUT2D eigenvalue weighted by Gasteiger charge is 2.24. The molecule has 1 heterocycles. The molecule has 1 aliphatic heterocycles. The van der Waals surface area contributed by atoms with Crippen LogP contribution >= 0.6 is 0 Å². The molecular weight excluding hydrogens is 403 g/mol. The van der Waals surface area contributed by atoms with Crippen molar-refractivity contribution in [2.24, 2.45) is 0 Å². The molecule has 2 aromatic carbocycles. The van der Waals surface area contributed by atoms with E-state index in [1.54, 1.807) is 53.8 Å². The second-order valence-corrected chi connectivity index (χ2v) is 9.48. The molecule has 0 unspecified atom stereocenters. The predicted octanol–water partition coefficient (Wildman–Crippen LogP) is 4.06. The van der Waals surface area contributed by atoms with Crippen molar-refractivity contribution < 1.29 is 17.6 Å². The molecule has 160 valence electrons. The molecule has 30 heavy (non-hydrogen) atoms. The number of hydrogen-bond donors (Lipinski definition) is 0. The Morgan fingerprint density at radius 1 is 1.00 bits per heavy atom. The summed E-state index contributed by atoms with van der Waals surface area (Å²) in [5.74, 6) is -0.505. The summed E-state index contributed by atoms with van der Waals surface area (Å²) < 4.78 is 40.2. The second kappa shape index (κ2) is 10.00. The number of nitrogens with zero attached hydrogens (tertiary/aromatic N) is 2. The summed E-state index contributed by atoms with van der Waals surface area (Å²) in [5, 5.41) is 0. The van der Waals surface area contributed by atoms with Crippen molar-refractivity contribution in [2.45, 2.75) is 37.1 Å². The van der Waals surface area contributed by atoms with Gasteiger partial charge in [-0.3, -0.25) is 4.79 Å². The lowest BCUT2D eigenvalue weighted by molar-refractivity contribution is -0.125. The highest BCUT2D eigenvalue weighted by molar-refractivity contribution is 7.89. The van der Waals surface area contributed by atoms with Crippen LogP contribution in [0.25, 0.3) is 6.08 Å². The van der Waals surface area contributed by atoms with Crippen molar-refractivity contribution in [3.63, 3.8) is 0 Å². The molecule has 3 rings (SSSR count). The maximum Gasteiger partial charge on any atom is 0.246 e. The Balaban J connectivity index is 1.62. The van der Waals surface area contributed by atoms with Crippen LogP contribution < -0.4 is 0 Å². The smallest absolute Gasteiger partial charge is 0.246 e. The molecule has 7 heteroatoms. The van der Waals surface area contributed by atoms with Crippen molar-refractivity contribution in [3.05, 3.63) is 71.6 Å². The van der Waals surface area contributed by atoms with Gasteiger partial charge in [0.15, 0.2) is 0 Å². The normalized spacial score (nSPS) is 15.8. The second-order valence-electron chi connectivity index (χ2n) is 7.54. The Labute approximate surface area is 177 Å². The number of benzene rings is 2. The van der Waals surface area contributed by atoms with Gasteiger partial charge in [0.25, 0.3) is 0 Å². The van der Waals surface area contributed by atoms with Crippen LogP contribution in [0.5, 0.6) is 0 Å². The molecule has 1 amide bonds. The van der Waals surface area contributed by atoms with Gasteiger partial charge in [-0.25, -0.2) is 12.8 Å². The van der Waals surface area contributed by atoms with Crippen LogP contribution in [0.1, 0.15) is 36.8 Å². The molecule has 1 saturated heterocycles. The number of amides is 1. The monoisotopic (exact) mass is 430 g/mol. The average Bonchev–Trinajstić information content (AvgIpc) is 3.04. The summed E-state index contributed by atoms with van der Waals surface area (Å²) in [6.07, 6.45) is 7.04. The van der Waals surface area contributed by atoms with Crippen LogP contribution in [-0.2, 0) is 21.4 Å². The minimum absolute atomic E-state index is 0.194. The van der Waals surface area contributed by atoms with Gasteiger partial charge in [0.1, 0.15) is 5.82 Å². The molecule has 2 aromatic rings. The van der Waals surface area contributed by atoms with E-state index in [9.17, 15) is 17.6 Å². The summed E-state index contributed by atoms with van der Waals surface area (Å²) >= 11 is 0. The molecule has 0 aromatic heterocycles. The van der Waals surface area contributed by atoms with E-state index < -0.39 is 10.0 Å². The number of carbonyl (C=O) groups excluding carboxylic acids is 1. The largest absolute Gasteiger partial charge is 0.338 e. The SMILES string of the molecule is CN(Cc1ccc(F)cc1)C(=O)C=Cc1ccc(S(=O)(=O)N2CCCCCC2)cc1. The predicted molar refractivity (Wildman–Crippen MR) is 116 cm³/mol. The van der Waals surface area contributed by atoms with E-state index in [-0.39, 0.29) is 16.6 Å². The number of carbonyl (C=O) groups is 1. The minimum atomic E-state index is -3.48. The van der Waals surface area contributed by atoms with Crippen LogP contribution in [0.15, 0.2) is 59.5 Å². The third kappa shape index (κ3) is 5.77. The zero-order valence-corrected chi connectivity index (χ0v) is 17.9. The highest BCUT2D eigenvalue weighted by atomic mass is 32.2. The lowest BCUT2D eigenvalue weighted by Gasteiger charge is -2.19. The summed E-state index contributed by atoms with van der Waals surface area (Å²) in [6, 6.07) is 12.6. The van der Waals surface area contributed by atoms with E-state index in [2.05, 4.69) is 0 Å². The van der Waals surface area contributed by atoms with Gasteiger partial charge in [-0.1, -0.05) is 37.1 Å². The fraction of sp³-hybridized carbons (Fsp3) is 0.348. The first-order valence-electron chi connectivity index (χ1n) is 10.1. The minimum Gasteiger partial charge on any atom is -0.338 e. The molecule has 5 nitrogen and oxygen atoms in total. The zero-order chi connectivity index (χ0) is 21.6. The van der Waals surface area contributed by atoms with E-state index in [4.69, 9.17) is 0 Å². The van der Waals surface area contributed by atoms with Crippen molar-refractivity contribution in [3.8, 4) is 0 Å². The highest BCUT2D eigenvalue weighted by Crippen LogP contribution is 2.21. The number of likely N-dealkylation sites (N-methyl/N-ethyl adjacent to an activating group) is 1. The average molecular weight is 431 g/mol. The van der Waals surface area contributed by atoms with Crippen molar-refractivity contribution >= 4 is 22.0 Å². The van der Waals surface area contributed by atoms with Crippen LogP contribution in [0.2, 0.25) is 0 Å². The molecule has 1 fully saturated rings. The molecule has 0 spiro atoms. The topological polar surface area (TPSA) is 57.7 Å². The van der Waals surface area contributed by atoms with Crippen LogP contribution in [0.3, 0.4) is 0 Å². The molecule has 0 bridgehead atoms. The molecule has 0 saturated carbocycles. The van der Waals surface area contributed by atoms with E-state index in [1.165, 1.54) is 23.1 Å². The Hall–Kier alpha value is -2.51. The standard InChI is InChI=1S/C23H27FN2O3S/c1-25(18-20-6-11-21(24)12-7-20)23(27)15-10-19-8-13-22(14-9-19)30(28,29)26-16-4-2-3-5-17-26/h6-15H,2-5,16-18H2,1H3. The number of hydrogen-bond acceptors (Lipinski definition) is 3. The van der Waals surface area contributed by atoms with Gasteiger partial charge in [0.05, 0.1) is 4.90 Å². The van der Waals surface area contributed by atoms with Crippen molar-refractivity contribution in [1.29, 1.82) is 0 Å². The Bertz CT molecular complexity index is 978. The third-order valence-corrected chi connectivity index (χ3v) is 7.12. The number of rotatable bonds is 6. The van der Waals surface area contributed by atoms with Gasteiger partial charge in [-0.2, -0.15) is 4.31 Å². The number of sulfonamides is 1. The molecule has 0 aliphatic carbocycles. The third-order valence-electron chi connectivity index (χ3n) is 5.21. The Kier molecular flexibility index (Phi) is 7.39. The maximum atomic E-state index is 13.0. The van der Waals surface area contributed by atoms with Gasteiger partial charge in [0, 0.05) is 32.8 Å². The van der Waals surface area contributed by atoms with E-state index in [1.807, 2.05) is 0 Å². The molecule has 1 aliphatic rings. The summed E-state index contributed by atoms with van der Waals surface area (Å²) in [7, 11) is -1.80. The van der Waals surface area contributed by atoms with Crippen LogP contribution in [-0.4, -0.2) is 43.7 Å². The van der Waals surface area contributed by atoms with Gasteiger partial charge in [-0.15, -0.1) is 0 Å². The quantitative estimate of drug-likeness (QED) is 0.650. The Morgan fingerprint density at radius 2 is 1.60 bits per heavy atom. The zero-order valence-electron chi connectivity index (χ0n) is 17.1. The maximum absolute atomic E-state index is 13.0. The molecule has 0 N–H and O–H groups in total. The van der Waals surface area contributed by atoms with E-state index in [0.717, 1.165) is 36.8 Å². The lowest BCUT2D eigenvalue weighted by atomic mass is 10.2. The number of halogens is 1. The van der Waals surface area contributed by atoms with E-state index in [0.29, 0.717) is 19.6 Å². The fourth-order valence-electron chi connectivity index (χ4n) is 3.42. The van der Waals surface area contributed by atoms with Crippen LogP contribution in [0.4, 0.5) is 4.39 Å². The van der Waals surface area contributed by atoms with Gasteiger partial charge in [-0.05, 0) is 54.3 Å². The first-order valence-corrected chi connectivity index (χ1v) is 11.6. The molecule has 0 atom stereocenters. The van der Waals surface area contributed by atoms with Crippen molar-refractivity contribution in [2.75, 3.05) is 20.1 Å². The summed E-state index contributed by atoms with van der Waals surface area (Å²) in [5.41, 5.74) is 1.58.